The van der Waals surface area contributed by atoms with Crippen LogP contribution >= 0.6 is 0 Å². The van der Waals surface area contributed by atoms with Gasteiger partial charge in [0.15, 0.2) is 12.0 Å². The van der Waals surface area contributed by atoms with Crippen molar-refractivity contribution >= 4 is 11.7 Å². The number of imidazole rings is 1. The molecular weight excluding hydrogens is 372 g/mol. The van der Waals surface area contributed by atoms with Crippen molar-refractivity contribution in [2.75, 3.05) is 31.6 Å². The maximum atomic E-state index is 12.4. The number of aromatic nitrogens is 2. The van der Waals surface area contributed by atoms with E-state index in [4.69, 9.17) is 14.7 Å². The van der Waals surface area contributed by atoms with Gasteiger partial charge in [0.1, 0.15) is 24.3 Å². The lowest BCUT2D eigenvalue weighted by Gasteiger charge is -2.14. The minimum absolute atomic E-state index is 0.0608. The molecule has 2 aliphatic rings. The summed E-state index contributed by atoms with van der Waals surface area (Å²) >= 11 is 0. The van der Waals surface area contributed by atoms with Gasteiger partial charge in [0.05, 0.1) is 36.6 Å². The number of hydrogen-bond donors (Lipinski definition) is 1. The van der Waals surface area contributed by atoms with Crippen LogP contribution in [0.3, 0.4) is 0 Å². The molecule has 0 saturated carbocycles. The Morgan fingerprint density at radius 3 is 2.97 bits per heavy atom. The van der Waals surface area contributed by atoms with Crippen LogP contribution in [0.25, 0.3) is 5.69 Å². The number of carbonyl (C=O) groups excluding carboxylic acids is 1. The molecule has 29 heavy (non-hydrogen) atoms. The van der Waals surface area contributed by atoms with Crippen molar-refractivity contribution in [1.82, 2.24) is 14.5 Å². The monoisotopic (exact) mass is 392 g/mol. The van der Waals surface area contributed by atoms with Crippen LogP contribution in [0.15, 0.2) is 30.7 Å². The highest BCUT2D eigenvalue weighted by Gasteiger charge is 2.28. The highest BCUT2D eigenvalue weighted by atomic mass is 16.5. The van der Waals surface area contributed by atoms with Crippen molar-refractivity contribution in [1.29, 1.82) is 10.5 Å². The topological polar surface area (TPSA) is 116 Å². The quantitative estimate of drug-likeness (QED) is 0.769. The van der Waals surface area contributed by atoms with E-state index in [2.05, 4.69) is 22.6 Å². The number of nitrogens with zero attached hydrogens (tertiary/aromatic N) is 5. The molecule has 0 unspecified atom stereocenters. The van der Waals surface area contributed by atoms with Gasteiger partial charge in [-0.25, -0.2) is 4.98 Å². The van der Waals surface area contributed by atoms with Crippen LogP contribution in [0.1, 0.15) is 18.4 Å². The van der Waals surface area contributed by atoms with Crippen LogP contribution in [0.5, 0.6) is 5.75 Å². The summed E-state index contributed by atoms with van der Waals surface area (Å²) in [5, 5.41) is 21.1. The fraction of sp³-hybridized carbons (Fsp3) is 0.400. The fourth-order valence-electron chi connectivity index (χ4n) is 3.47. The summed E-state index contributed by atoms with van der Waals surface area (Å²) in [6.45, 7) is 2.21. The van der Waals surface area contributed by atoms with Crippen LogP contribution in [0.4, 0.5) is 5.82 Å². The second-order valence-corrected chi connectivity index (χ2v) is 7.08. The Balaban J connectivity index is 1.47. The lowest BCUT2D eigenvalue weighted by atomic mass is 10.1. The standard InChI is InChI=1S/C20H20N6O3/c21-8-14-1-2-16(7-18(14)29-17-4-6-28-11-17)26-10-19(23-13-26)24-20(27)15-3-5-25(9-15)12-22/h1-2,7,10,13,15,17H,3-6,9,11H2,(H,24,27)/t15-,17-/m0/s1. The number of anilines is 1. The van der Waals surface area contributed by atoms with E-state index in [1.54, 1.807) is 40.2 Å². The molecule has 2 atom stereocenters. The Morgan fingerprint density at radius 1 is 1.34 bits per heavy atom. The van der Waals surface area contributed by atoms with Gasteiger partial charge in [-0.1, -0.05) is 0 Å². The van der Waals surface area contributed by atoms with Gasteiger partial charge in [-0.3, -0.25) is 4.79 Å². The number of carbonyl (C=O) groups is 1. The van der Waals surface area contributed by atoms with E-state index >= 15 is 0 Å². The van der Waals surface area contributed by atoms with Crippen molar-refractivity contribution < 1.29 is 14.3 Å². The van der Waals surface area contributed by atoms with Gasteiger partial charge in [-0.05, 0) is 18.6 Å². The summed E-state index contributed by atoms with van der Waals surface area (Å²) < 4.78 is 13.0. The van der Waals surface area contributed by atoms with E-state index in [9.17, 15) is 10.1 Å². The normalized spacial score (nSPS) is 20.8. The summed E-state index contributed by atoms with van der Waals surface area (Å²) in [6.07, 6.45) is 6.76. The van der Waals surface area contributed by atoms with E-state index in [1.165, 1.54) is 0 Å². The molecule has 1 N–H and O–H groups in total. The third-order valence-electron chi connectivity index (χ3n) is 5.10. The first-order valence-electron chi connectivity index (χ1n) is 9.44. The zero-order valence-electron chi connectivity index (χ0n) is 15.7. The van der Waals surface area contributed by atoms with Gasteiger partial charge in [-0.2, -0.15) is 10.5 Å². The van der Waals surface area contributed by atoms with Gasteiger partial charge in [-0.15, -0.1) is 0 Å². The number of benzene rings is 1. The average Bonchev–Trinajstić information content (AvgIpc) is 3.49. The van der Waals surface area contributed by atoms with Gasteiger partial charge in [0, 0.05) is 25.6 Å². The van der Waals surface area contributed by atoms with Crippen LogP contribution < -0.4 is 10.1 Å². The van der Waals surface area contributed by atoms with Crippen molar-refractivity contribution in [2.24, 2.45) is 5.92 Å². The van der Waals surface area contributed by atoms with Crippen molar-refractivity contribution in [3.63, 3.8) is 0 Å². The molecule has 9 nitrogen and oxygen atoms in total. The minimum atomic E-state index is -0.219. The molecule has 2 saturated heterocycles. The Bertz CT molecular complexity index is 983. The lowest BCUT2D eigenvalue weighted by Crippen LogP contribution is -2.25. The first kappa shape index (κ1) is 18.8. The molecule has 1 aromatic heterocycles. The first-order valence-corrected chi connectivity index (χ1v) is 9.44. The second-order valence-electron chi connectivity index (χ2n) is 7.08. The van der Waals surface area contributed by atoms with Gasteiger partial charge >= 0.3 is 0 Å². The number of nitrogens with one attached hydrogen (secondary N) is 1. The second kappa shape index (κ2) is 8.21. The van der Waals surface area contributed by atoms with E-state index in [-0.39, 0.29) is 17.9 Å². The van der Waals surface area contributed by atoms with Crippen LogP contribution in [-0.2, 0) is 9.53 Å². The van der Waals surface area contributed by atoms with Gasteiger partial charge in [0.2, 0.25) is 5.91 Å². The Hall–Kier alpha value is -3.56. The number of amides is 1. The van der Waals surface area contributed by atoms with Crippen molar-refractivity contribution in [3.05, 3.63) is 36.3 Å². The number of ether oxygens (including phenoxy) is 2. The molecule has 0 bridgehead atoms. The predicted molar refractivity (Wildman–Crippen MR) is 102 cm³/mol. The average molecular weight is 392 g/mol. The van der Waals surface area contributed by atoms with E-state index < -0.39 is 0 Å². The molecule has 9 heteroatoms. The molecule has 148 valence electrons. The predicted octanol–water partition coefficient (Wildman–Crippen LogP) is 1.65. The first-order chi connectivity index (χ1) is 14.2. The molecule has 1 aromatic carbocycles. The molecular formula is C20H20N6O3. The summed E-state index contributed by atoms with van der Waals surface area (Å²) in [7, 11) is 0. The maximum Gasteiger partial charge on any atom is 0.230 e. The van der Waals surface area contributed by atoms with Crippen LogP contribution in [-0.4, -0.2) is 52.8 Å². The highest BCUT2D eigenvalue weighted by Crippen LogP contribution is 2.26. The zero-order chi connectivity index (χ0) is 20.2. The molecule has 0 aliphatic carbocycles. The van der Waals surface area contributed by atoms with Crippen molar-refractivity contribution in [2.45, 2.75) is 18.9 Å². The molecule has 0 radical (unpaired) electrons. The molecule has 0 spiro atoms. The van der Waals surface area contributed by atoms with E-state index in [1.807, 2.05) is 0 Å². The largest absolute Gasteiger partial charge is 0.486 e. The van der Waals surface area contributed by atoms with Gasteiger partial charge in [0.25, 0.3) is 0 Å². The number of hydrogen-bond acceptors (Lipinski definition) is 7. The molecule has 2 aliphatic heterocycles. The summed E-state index contributed by atoms with van der Waals surface area (Å²) in [5.74, 6) is 0.574. The zero-order valence-corrected chi connectivity index (χ0v) is 15.7. The number of rotatable bonds is 5. The van der Waals surface area contributed by atoms with Crippen LogP contribution in [0.2, 0.25) is 0 Å². The molecule has 3 heterocycles. The summed E-state index contributed by atoms with van der Waals surface area (Å²) in [6, 6.07) is 7.43. The van der Waals surface area contributed by atoms with Gasteiger partial charge < -0.3 is 24.3 Å². The summed E-state index contributed by atoms with van der Waals surface area (Å²) in [5.41, 5.74) is 1.22. The minimum Gasteiger partial charge on any atom is -0.486 e. The molecule has 2 aromatic rings. The fourth-order valence-corrected chi connectivity index (χ4v) is 3.47. The third-order valence-corrected chi connectivity index (χ3v) is 5.10. The Kier molecular flexibility index (Phi) is 5.32. The highest BCUT2D eigenvalue weighted by molar-refractivity contribution is 5.92. The Morgan fingerprint density at radius 2 is 2.24 bits per heavy atom. The van der Waals surface area contributed by atoms with E-state index in [0.29, 0.717) is 49.9 Å². The lowest BCUT2D eigenvalue weighted by molar-refractivity contribution is -0.119. The molecule has 1 amide bonds. The van der Waals surface area contributed by atoms with E-state index in [0.717, 1.165) is 12.1 Å². The van der Waals surface area contributed by atoms with Crippen LogP contribution in [0, 0.1) is 28.7 Å². The summed E-state index contributed by atoms with van der Waals surface area (Å²) in [4.78, 5) is 18.2. The molecule has 2 fully saturated rings. The Labute approximate surface area is 168 Å². The number of nitriles is 2. The smallest absolute Gasteiger partial charge is 0.230 e. The third kappa shape index (κ3) is 4.15. The SMILES string of the molecule is N#Cc1ccc(-n2cnc(NC(=O)[C@H]3CCN(C#N)C3)c2)cc1O[C@H]1CCOC1. The number of likely N-dealkylation sites (tertiary alicyclic amines) is 1. The maximum absolute atomic E-state index is 12.4. The van der Waals surface area contributed by atoms with Crippen molar-refractivity contribution in [3.8, 4) is 23.7 Å². The molecule has 4 rings (SSSR count).